The zero-order valence-corrected chi connectivity index (χ0v) is 25.4. The molecule has 2 aromatic rings. The molecule has 5 atom stereocenters. The number of halogens is 1. The SMILES string of the molecule is CN1CC/C=C/[C@H](O)[C@@H]2CC[C@H]2CN2C[C@@]3(CCCc4cc(Cl)ccc43)COc3ccc(cc32)[C@](CO)(C(=O)O)CC1=O. The fraction of sp³-hybridized carbons (Fsp3) is 0.529. The number of fused-ring (bicyclic) bond motifs is 4. The molecule has 2 aromatic carbocycles. The van der Waals surface area contributed by atoms with Gasteiger partial charge in [-0.2, -0.15) is 0 Å². The lowest BCUT2D eigenvalue weighted by molar-refractivity contribution is -0.149. The summed E-state index contributed by atoms with van der Waals surface area (Å²) in [6.45, 7) is 1.49. The monoisotopic (exact) mass is 608 g/mol. The summed E-state index contributed by atoms with van der Waals surface area (Å²) in [6.07, 6.45) is 8.19. The number of anilines is 1. The number of amides is 1. The Kier molecular flexibility index (Phi) is 8.22. The highest BCUT2D eigenvalue weighted by Crippen LogP contribution is 2.47. The van der Waals surface area contributed by atoms with Crippen molar-refractivity contribution in [3.8, 4) is 5.75 Å². The number of hydrogen-bond donors (Lipinski definition) is 3. The van der Waals surface area contributed by atoms with Gasteiger partial charge in [0.1, 0.15) is 11.2 Å². The summed E-state index contributed by atoms with van der Waals surface area (Å²) in [4.78, 5) is 29.9. The molecule has 3 N–H and O–H groups in total. The molecule has 2 heterocycles. The predicted octanol–water partition coefficient (Wildman–Crippen LogP) is 4.32. The molecule has 2 aliphatic heterocycles. The van der Waals surface area contributed by atoms with Crippen LogP contribution in [0.5, 0.6) is 5.75 Å². The summed E-state index contributed by atoms with van der Waals surface area (Å²) in [5.41, 5.74) is 1.51. The van der Waals surface area contributed by atoms with Gasteiger partial charge in [-0.3, -0.25) is 9.59 Å². The number of aryl methyl sites for hydroxylation is 1. The smallest absolute Gasteiger partial charge is 0.317 e. The number of aliphatic carboxylic acids is 1. The number of ether oxygens (including phenoxy) is 1. The maximum atomic E-state index is 13.3. The van der Waals surface area contributed by atoms with Crippen molar-refractivity contribution < 1.29 is 29.6 Å². The number of rotatable bonds is 2. The first-order valence-corrected chi connectivity index (χ1v) is 15.8. The molecule has 2 bridgehead atoms. The molecule has 230 valence electrons. The van der Waals surface area contributed by atoms with Crippen molar-refractivity contribution in [2.45, 2.75) is 61.9 Å². The van der Waals surface area contributed by atoms with E-state index in [0.717, 1.165) is 42.8 Å². The van der Waals surface area contributed by atoms with Gasteiger partial charge in [0.25, 0.3) is 0 Å². The van der Waals surface area contributed by atoms with Gasteiger partial charge in [-0.05, 0) is 91.3 Å². The summed E-state index contributed by atoms with van der Waals surface area (Å²) in [7, 11) is 1.64. The van der Waals surface area contributed by atoms with E-state index in [1.165, 1.54) is 16.0 Å². The van der Waals surface area contributed by atoms with Crippen molar-refractivity contribution in [1.82, 2.24) is 4.90 Å². The van der Waals surface area contributed by atoms with Crippen LogP contribution in [0.4, 0.5) is 5.69 Å². The van der Waals surface area contributed by atoms with Gasteiger partial charge in [0.15, 0.2) is 0 Å². The van der Waals surface area contributed by atoms with E-state index in [-0.39, 0.29) is 29.6 Å². The molecule has 1 saturated carbocycles. The quantitative estimate of drug-likeness (QED) is 0.436. The van der Waals surface area contributed by atoms with Gasteiger partial charge in [0.05, 0.1) is 25.0 Å². The molecular weight excluding hydrogens is 568 g/mol. The number of carboxylic acids is 1. The highest BCUT2D eigenvalue weighted by molar-refractivity contribution is 6.30. The largest absolute Gasteiger partial charge is 0.490 e. The Morgan fingerprint density at radius 2 is 2.02 bits per heavy atom. The Morgan fingerprint density at radius 3 is 2.77 bits per heavy atom. The number of nitrogens with zero attached hydrogens (tertiary/aromatic N) is 2. The van der Waals surface area contributed by atoms with Crippen molar-refractivity contribution in [2.24, 2.45) is 11.8 Å². The number of benzene rings is 2. The van der Waals surface area contributed by atoms with Crippen molar-refractivity contribution in [2.75, 3.05) is 44.8 Å². The standard InChI is InChI=1S/C34H41ClN2O6/c1-36-14-3-2-6-29(39)26-10-7-23(26)18-37-19-33(13-4-5-22-15-25(35)9-11-27(22)33)21-43-30-12-8-24(16-28(30)37)34(20-38,32(41)42)17-31(36)40/h2,6,8-9,11-12,15-16,23,26,29,38-39H,3-5,7,10,13-14,17-21H2,1H3,(H,41,42)/b6-2+/t23-,26+,29-,33-,34-/m0/s1. The molecule has 0 saturated heterocycles. The number of hydrogen-bond acceptors (Lipinski definition) is 6. The van der Waals surface area contributed by atoms with Crippen LogP contribution in [0.2, 0.25) is 5.02 Å². The van der Waals surface area contributed by atoms with Crippen LogP contribution in [0, 0.1) is 11.8 Å². The molecule has 43 heavy (non-hydrogen) atoms. The minimum Gasteiger partial charge on any atom is -0.490 e. The lowest BCUT2D eigenvalue weighted by Crippen LogP contribution is -2.49. The van der Waals surface area contributed by atoms with E-state index in [1.807, 2.05) is 24.3 Å². The predicted molar refractivity (Wildman–Crippen MR) is 165 cm³/mol. The molecule has 8 nitrogen and oxygen atoms in total. The highest BCUT2D eigenvalue weighted by Gasteiger charge is 2.46. The van der Waals surface area contributed by atoms with E-state index in [2.05, 4.69) is 17.0 Å². The van der Waals surface area contributed by atoms with Gasteiger partial charge in [-0.1, -0.05) is 35.9 Å². The molecule has 6 rings (SSSR count). The third kappa shape index (κ3) is 5.42. The molecule has 4 aliphatic rings. The number of carboxylic acid groups (broad SMARTS) is 1. The Balaban J connectivity index is 1.47. The Bertz CT molecular complexity index is 1430. The molecule has 0 radical (unpaired) electrons. The first-order valence-electron chi connectivity index (χ1n) is 15.4. The molecule has 1 fully saturated rings. The lowest BCUT2D eigenvalue weighted by Gasteiger charge is -2.45. The van der Waals surface area contributed by atoms with Crippen LogP contribution in [-0.4, -0.2) is 78.1 Å². The van der Waals surface area contributed by atoms with Crippen LogP contribution in [0.1, 0.15) is 55.2 Å². The fourth-order valence-corrected chi connectivity index (χ4v) is 7.84. The van der Waals surface area contributed by atoms with Gasteiger partial charge in [-0.15, -0.1) is 0 Å². The van der Waals surface area contributed by atoms with E-state index in [0.29, 0.717) is 44.0 Å². The van der Waals surface area contributed by atoms with Crippen LogP contribution in [0.15, 0.2) is 48.6 Å². The maximum Gasteiger partial charge on any atom is 0.317 e. The molecule has 0 aromatic heterocycles. The minimum absolute atomic E-state index is 0.114. The first-order chi connectivity index (χ1) is 20.7. The van der Waals surface area contributed by atoms with Gasteiger partial charge in [0.2, 0.25) is 5.91 Å². The molecule has 2 aliphatic carbocycles. The van der Waals surface area contributed by atoms with Crippen LogP contribution < -0.4 is 9.64 Å². The summed E-state index contributed by atoms with van der Waals surface area (Å²) < 4.78 is 6.58. The minimum atomic E-state index is -1.80. The van der Waals surface area contributed by atoms with E-state index >= 15 is 0 Å². The number of carbonyl (C=O) groups is 2. The van der Waals surface area contributed by atoms with E-state index in [1.54, 1.807) is 19.2 Å². The molecule has 1 spiro atoms. The second-order valence-electron chi connectivity index (χ2n) is 13.0. The molecule has 1 amide bonds. The third-order valence-corrected chi connectivity index (χ3v) is 10.7. The van der Waals surface area contributed by atoms with E-state index in [9.17, 15) is 24.9 Å². The van der Waals surface area contributed by atoms with Crippen LogP contribution >= 0.6 is 11.6 Å². The second kappa shape index (κ2) is 11.8. The van der Waals surface area contributed by atoms with Gasteiger partial charge in [0, 0.05) is 43.5 Å². The van der Waals surface area contributed by atoms with Crippen molar-refractivity contribution in [1.29, 1.82) is 0 Å². The Labute approximate surface area is 257 Å². The topological polar surface area (TPSA) is 111 Å². The average molecular weight is 609 g/mol. The third-order valence-electron chi connectivity index (χ3n) is 10.5. The van der Waals surface area contributed by atoms with Gasteiger partial charge >= 0.3 is 5.97 Å². The Hall–Kier alpha value is -3.07. The Morgan fingerprint density at radius 1 is 1.19 bits per heavy atom. The van der Waals surface area contributed by atoms with Gasteiger partial charge in [-0.25, -0.2) is 0 Å². The zero-order chi connectivity index (χ0) is 30.4. The van der Waals surface area contributed by atoms with Crippen molar-refractivity contribution in [3.05, 3.63) is 70.3 Å². The first kappa shape index (κ1) is 30.0. The normalized spacial score (nSPS) is 31.7. The number of carbonyl (C=O) groups excluding carboxylic acids is 1. The van der Waals surface area contributed by atoms with Crippen molar-refractivity contribution in [3.63, 3.8) is 0 Å². The van der Waals surface area contributed by atoms with E-state index < -0.39 is 24.1 Å². The van der Waals surface area contributed by atoms with E-state index in [4.69, 9.17) is 16.3 Å². The summed E-state index contributed by atoms with van der Waals surface area (Å²) >= 11 is 6.40. The molecule has 9 heteroatoms. The zero-order valence-electron chi connectivity index (χ0n) is 24.7. The fourth-order valence-electron chi connectivity index (χ4n) is 7.65. The summed E-state index contributed by atoms with van der Waals surface area (Å²) in [5.74, 6) is -0.589. The molecular formula is C34H41ClN2O6. The average Bonchev–Trinajstić information content (AvgIpc) is 3.12. The summed E-state index contributed by atoms with van der Waals surface area (Å²) in [5, 5.41) is 32.9. The van der Waals surface area contributed by atoms with Crippen molar-refractivity contribution >= 4 is 29.2 Å². The lowest BCUT2D eigenvalue weighted by atomic mass is 9.68. The van der Waals surface area contributed by atoms with Gasteiger partial charge < -0.3 is 29.9 Å². The number of aliphatic hydroxyl groups excluding tert-OH is 2. The molecule has 0 unspecified atom stereocenters. The van der Waals surface area contributed by atoms with Crippen LogP contribution in [0.3, 0.4) is 0 Å². The highest BCUT2D eigenvalue weighted by atomic mass is 35.5. The maximum absolute atomic E-state index is 13.3. The second-order valence-corrected chi connectivity index (χ2v) is 13.5. The number of aliphatic hydroxyl groups is 2. The van der Waals surface area contributed by atoms with Crippen LogP contribution in [0.25, 0.3) is 0 Å². The van der Waals surface area contributed by atoms with Crippen LogP contribution in [-0.2, 0) is 26.8 Å². The summed E-state index contributed by atoms with van der Waals surface area (Å²) in [6, 6.07) is 11.4.